The number of carbonyl (C=O) groups excluding carboxylic acids is 1. The van der Waals surface area contributed by atoms with Crippen molar-refractivity contribution in [3.05, 3.63) is 12.2 Å². The second-order valence-corrected chi connectivity index (χ2v) is 3.74. The van der Waals surface area contributed by atoms with Gasteiger partial charge >= 0.3 is 5.97 Å². The van der Waals surface area contributed by atoms with Crippen molar-refractivity contribution in [3.8, 4) is 0 Å². The zero-order chi connectivity index (χ0) is 10.8. The maximum Gasteiger partial charge on any atom is 0.332 e. The molecule has 3 nitrogen and oxygen atoms in total. The van der Waals surface area contributed by atoms with Crippen molar-refractivity contribution < 1.29 is 14.3 Å². The van der Waals surface area contributed by atoms with E-state index in [9.17, 15) is 4.79 Å². The molecule has 0 fully saturated rings. The smallest absolute Gasteiger partial charge is 0.332 e. The fourth-order valence-electron chi connectivity index (χ4n) is 1.45. The van der Waals surface area contributed by atoms with Gasteiger partial charge in [-0.25, -0.2) is 4.79 Å². The number of hydrogen-bond donors (Lipinski definition) is 0. The molecule has 1 heterocycles. The number of esters is 1. The van der Waals surface area contributed by atoms with Crippen molar-refractivity contribution in [2.45, 2.75) is 38.5 Å². The molecule has 0 aromatic heterocycles. The maximum absolute atomic E-state index is 11.1. The van der Waals surface area contributed by atoms with Crippen molar-refractivity contribution in [2.24, 2.45) is 0 Å². The summed E-state index contributed by atoms with van der Waals surface area (Å²) in [5.41, 5.74) is 0. The Hall–Kier alpha value is -0.830. The predicted octanol–water partition coefficient (Wildman–Crippen LogP) is 2.46. The molecule has 0 N–H and O–H groups in total. The molecule has 0 saturated carbocycles. The molecule has 0 aromatic carbocycles. The highest BCUT2D eigenvalue weighted by atomic mass is 16.6. The minimum atomic E-state index is -0.234. The van der Waals surface area contributed by atoms with Crippen LogP contribution >= 0.6 is 0 Å². The Morgan fingerprint density at radius 3 is 2.33 bits per heavy atom. The normalized spacial score (nSPS) is 23.9. The lowest BCUT2D eigenvalue weighted by atomic mass is 10.2. The number of rotatable bonds is 0. The molecule has 0 saturated heterocycles. The van der Waals surface area contributed by atoms with Crippen LogP contribution in [0.5, 0.6) is 0 Å². The first kappa shape index (κ1) is 12.2. The van der Waals surface area contributed by atoms with Gasteiger partial charge in [0.15, 0.2) is 0 Å². The van der Waals surface area contributed by atoms with Crippen LogP contribution in [0.3, 0.4) is 0 Å². The SMILES string of the molecule is O=C1COCCCC/C=C/CCCCO1. The molecule has 86 valence electrons. The Morgan fingerprint density at radius 2 is 1.60 bits per heavy atom. The zero-order valence-corrected chi connectivity index (χ0v) is 9.24. The molecule has 0 unspecified atom stereocenters. The van der Waals surface area contributed by atoms with Gasteiger partial charge < -0.3 is 9.47 Å². The van der Waals surface area contributed by atoms with Crippen LogP contribution in [0.15, 0.2) is 12.2 Å². The first-order valence-corrected chi connectivity index (χ1v) is 5.78. The molecular formula is C12H20O3. The molecule has 1 rings (SSSR count). The van der Waals surface area contributed by atoms with E-state index in [2.05, 4.69) is 12.2 Å². The first-order valence-electron chi connectivity index (χ1n) is 5.78. The van der Waals surface area contributed by atoms with Gasteiger partial charge in [0.1, 0.15) is 6.61 Å². The van der Waals surface area contributed by atoms with Gasteiger partial charge in [-0.1, -0.05) is 12.2 Å². The van der Waals surface area contributed by atoms with Crippen LogP contribution < -0.4 is 0 Å². The van der Waals surface area contributed by atoms with Crippen molar-refractivity contribution in [1.82, 2.24) is 0 Å². The number of carbonyl (C=O) groups is 1. The number of ether oxygens (including phenoxy) is 2. The van der Waals surface area contributed by atoms with Gasteiger partial charge in [-0.2, -0.15) is 0 Å². The number of allylic oxidation sites excluding steroid dienone is 2. The largest absolute Gasteiger partial charge is 0.464 e. The average molecular weight is 212 g/mol. The van der Waals surface area contributed by atoms with E-state index in [4.69, 9.17) is 9.47 Å². The Kier molecular flexibility index (Phi) is 6.92. The lowest BCUT2D eigenvalue weighted by Crippen LogP contribution is -2.14. The van der Waals surface area contributed by atoms with Crippen LogP contribution in [0.4, 0.5) is 0 Å². The van der Waals surface area contributed by atoms with E-state index >= 15 is 0 Å². The van der Waals surface area contributed by atoms with Gasteiger partial charge in [0.05, 0.1) is 6.61 Å². The average Bonchev–Trinajstić information content (AvgIpc) is 2.24. The number of cyclic esters (lactones) is 1. The van der Waals surface area contributed by atoms with Crippen molar-refractivity contribution in [2.75, 3.05) is 19.8 Å². The van der Waals surface area contributed by atoms with Crippen LogP contribution in [-0.4, -0.2) is 25.8 Å². The molecule has 0 aromatic rings. The maximum atomic E-state index is 11.1. The third-order valence-corrected chi connectivity index (χ3v) is 2.32. The van der Waals surface area contributed by atoms with Gasteiger partial charge in [-0.15, -0.1) is 0 Å². The van der Waals surface area contributed by atoms with Gasteiger partial charge in [0, 0.05) is 6.61 Å². The molecule has 1 aliphatic heterocycles. The first-order chi connectivity index (χ1) is 7.39. The minimum Gasteiger partial charge on any atom is -0.464 e. The molecule has 0 amide bonds. The molecule has 0 radical (unpaired) electrons. The van der Waals surface area contributed by atoms with E-state index in [0.29, 0.717) is 13.2 Å². The van der Waals surface area contributed by atoms with Crippen LogP contribution in [0, 0.1) is 0 Å². The highest BCUT2D eigenvalue weighted by Gasteiger charge is 2.02. The fourth-order valence-corrected chi connectivity index (χ4v) is 1.45. The molecule has 0 spiro atoms. The Balaban J connectivity index is 2.20. The molecular weight excluding hydrogens is 192 g/mol. The minimum absolute atomic E-state index is 0.107. The van der Waals surface area contributed by atoms with Crippen LogP contribution in [0.25, 0.3) is 0 Å². The summed E-state index contributed by atoms with van der Waals surface area (Å²) in [5, 5.41) is 0. The van der Waals surface area contributed by atoms with Crippen molar-refractivity contribution >= 4 is 5.97 Å². The Bertz CT molecular complexity index is 199. The summed E-state index contributed by atoms with van der Waals surface area (Å²) >= 11 is 0. The van der Waals surface area contributed by atoms with E-state index < -0.39 is 0 Å². The van der Waals surface area contributed by atoms with Gasteiger partial charge in [0.25, 0.3) is 0 Å². The third kappa shape index (κ3) is 7.14. The molecule has 1 aliphatic rings. The van der Waals surface area contributed by atoms with E-state index in [1.807, 2.05) is 0 Å². The molecule has 0 bridgehead atoms. The predicted molar refractivity (Wildman–Crippen MR) is 58.6 cm³/mol. The van der Waals surface area contributed by atoms with E-state index in [1.54, 1.807) is 0 Å². The topological polar surface area (TPSA) is 35.5 Å². The lowest BCUT2D eigenvalue weighted by Gasteiger charge is -2.06. The summed E-state index contributed by atoms with van der Waals surface area (Å²) in [7, 11) is 0. The van der Waals surface area contributed by atoms with Crippen LogP contribution in [0.2, 0.25) is 0 Å². The monoisotopic (exact) mass is 212 g/mol. The Morgan fingerprint density at radius 1 is 0.933 bits per heavy atom. The summed E-state index contributed by atoms with van der Waals surface area (Å²) in [6.07, 6.45) is 10.8. The van der Waals surface area contributed by atoms with E-state index in [1.165, 1.54) is 0 Å². The third-order valence-electron chi connectivity index (χ3n) is 2.32. The quantitative estimate of drug-likeness (QED) is 0.457. The fraction of sp³-hybridized carbons (Fsp3) is 0.750. The summed E-state index contributed by atoms with van der Waals surface area (Å²) < 4.78 is 10.2. The summed E-state index contributed by atoms with van der Waals surface area (Å²) in [5.74, 6) is -0.234. The molecule has 15 heavy (non-hydrogen) atoms. The summed E-state index contributed by atoms with van der Waals surface area (Å²) in [6.45, 7) is 1.29. The highest BCUT2D eigenvalue weighted by molar-refractivity contribution is 5.70. The van der Waals surface area contributed by atoms with E-state index in [-0.39, 0.29) is 12.6 Å². The lowest BCUT2D eigenvalue weighted by molar-refractivity contribution is -0.149. The molecule has 0 aliphatic carbocycles. The summed E-state index contributed by atoms with van der Waals surface area (Å²) in [6, 6.07) is 0. The molecule has 3 heteroatoms. The van der Waals surface area contributed by atoms with Gasteiger partial charge in [-0.3, -0.25) is 0 Å². The van der Waals surface area contributed by atoms with E-state index in [0.717, 1.165) is 38.5 Å². The van der Waals surface area contributed by atoms with Crippen molar-refractivity contribution in [1.29, 1.82) is 0 Å². The highest BCUT2D eigenvalue weighted by Crippen LogP contribution is 2.02. The second kappa shape index (κ2) is 8.48. The van der Waals surface area contributed by atoms with Crippen molar-refractivity contribution in [3.63, 3.8) is 0 Å². The van der Waals surface area contributed by atoms with Crippen LogP contribution in [-0.2, 0) is 14.3 Å². The van der Waals surface area contributed by atoms with Gasteiger partial charge in [0.2, 0.25) is 0 Å². The molecule has 0 atom stereocenters. The second-order valence-electron chi connectivity index (χ2n) is 3.74. The Labute approximate surface area is 91.4 Å². The number of hydrogen-bond acceptors (Lipinski definition) is 3. The zero-order valence-electron chi connectivity index (χ0n) is 9.24. The standard InChI is InChI=1S/C12H20O3/c13-12-11-14-9-7-5-3-1-2-4-6-8-10-15-12/h1-2H,3-11H2/b2-1+. The van der Waals surface area contributed by atoms with Gasteiger partial charge in [-0.05, 0) is 38.5 Å². The van der Waals surface area contributed by atoms with Crippen LogP contribution in [0.1, 0.15) is 38.5 Å². The summed E-state index contributed by atoms with van der Waals surface area (Å²) in [4.78, 5) is 11.1.